The molecule has 0 aromatic heterocycles. The molecule has 0 N–H and O–H groups in total. The number of nitrogens with zero attached hydrogens (tertiary/aromatic N) is 1. The highest BCUT2D eigenvalue weighted by Gasteiger charge is 2.26. The Morgan fingerprint density at radius 3 is 1.88 bits per heavy atom. The van der Waals surface area contributed by atoms with E-state index in [1.807, 2.05) is 4.90 Å². The third kappa shape index (κ3) is 6.23. The summed E-state index contributed by atoms with van der Waals surface area (Å²) in [5, 5.41) is 0. The van der Waals surface area contributed by atoms with Crippen LogP contribution in [0.25, 0.3) is 0 Å². The van der Waals surface area contributed by atoms with Crippen molar-refractivity contribution in [2.45, 2.75) is 13.8 Å². The summed E-state index contributed by atoms with van der Waals surface area (Å²) in [6, 6.07) is 0. The summed E-state index contributed by atoms with van der Waals surface area (Å²) in [6.07, 6.45) is 3.78. The molecular weight excluding hydrogens is 225 g/mol. The minimum atomic E-state index is -3.00. The molecular formula is C11H22NO3P. The third-order valence-electron chi connectivity index (χ3n) is 1.80. The topological polar surface area (TPSA) is 38.8 Å². The summed E-state index contributed by atoms with van der Waals surface area (Å²) in [5.74, 6) is 0. The van der Waals surface area contributed by atoms with Gasteiger partial charge < -0.3 is 9.05 Å². The second-order valence-electron chi connectivity index (χ2n) is 3.20. The Hall–Kier alpha value is -0.410. The lowest BCUT2D eigenvalue weighted by Gasteiger charge is -2.24. The predicted octanol–water partition coefficient (Wildman–Crippen LogP) is 2.88. The van der Waals surface area contributed by atoms with Crippen LogP contribution in [0.1, 0.15) is 13.8 Å². The first-order chi connectivity index (χ1) is 7.61. The number of hydrogen-bond donors (Lipinski definition) is 0. The average molecular weight is 247 g/mol. The van der Waals surface area contributed by atoms with Gasteiger partial charge in [0.25, 0.3) is 0 Å². The molecule has 0 unspecified atom stereocenters. The molecule has 0 fully saturated rings. The van der Waals surface area contributed by atoms with Gasteiger partial charge in [-0.15, -0.1) is 13.2 Å². The minimum absolute atomic E-state index is 0.271. The fourth-order valence-electron chi connectivity index (χ4n) is 1.31. The molecule has 0 atom stereocenters. The van der Waals surface area contributed by atoms with Crippen LogP contribution in [0.5, 0.6) is 0 Å². The molecule has 5 heteroatoms. The molecule has 0 aliphatic rings. The van der Waals surface area contributed by atoms with E-state index in [1.54, 1.807) is 26.0 Å². The Morgan fingerprint density at radius 2 is 1.56 bits per heavy atom. The SMILES string of the molecule is C=CCN(CC=C)CP(=O)(OCC)OCC. The molecule has 0 saturated heterocycles. The van der Waals surface area contributed by atoms with E-state index in [9.17, 15) is 4.57 Å². The normalized spacial score (nSPS) is 11.7. The standard InChI is InChI=1S/C11H22NO3P/c1-5-9-12(10-6-2)11-16(13,14-7-3)15-8-4/h5-6H,1-2,7-11H2,3-4H3. The maximum atomic E-state index is 12.2. The van der Waals surface area contributed by atoms with Crippen LogP contribution in [0.3, 0.4) is 0 Å². The Morgan fingerprint density at radius 1 is 1.12 bits per heavy atom. The van der Waals surface area contributed by atoms with Gasteiger partial charge in [-0.25, -0.2) is 0 Å². The van der Waals surface area contributed by atoms with E-state index in [0.717, 1.165) is 0 Å². The van der Waals surface area contributed by atoms with Crippen LogP contribution in [-0.4, -0.2) is 37.5 Å². The van der Waals surface area contributed by atoms with Crippen LogP contribution in [-0.2, 0) is 13.6 Å². The summed E-state index contributed by atoms with van der Waals surface area (Å²) < 4.78 is 22.7. The molecule has 4 nitrogen and oxygen atoms in total. The highest BCUT2D eigenvalue weighted by Crippen LogP contribution is 2.48. The molecule has 0 aromatic carbocycles. The zero-order chi connectivity index (χ0) is 12.4. The number of rotatable bonds is 10. The summed E-state index contributed by atoms with van der Waals surface area (Å²) in [6.45, 7) is 13.0. The number of hydrogen-bond acceptors (Lipinski definition) is 4. The molecule has 16 heavy (non-hydrogen) atoms. The third-order valence-corrected chi connectivity index (χ3v) is 3.85. The fourth-order valence-corrected chi connectivity index (χ4v) is 3.06. The van der Waals surface area contributed by atoms with Gasteiger partial charge in [0, 0.05) is 13.1 Å². The molecule has 0 heterocycles. The lowest BCUT2D eigenvalue weighted by molar-refractivity contribution is 0.203. The van der Waals surface area contributed by atoms with E-state index in [0.29, 0.717) is 26.3 Å². The van der Waals surface area contributed by atoms with Crippen LogP contribution < -0.4 is 0 Å². The van der Waals surface area contributed by atoms with E-state index >= 15 is 0 Å². The van der Waals surface area contributed by atoms with Gasteiger partial charge in [0.2, 0.25) is 0 Å². The Balaban J connectivity index is 4.48. The van der Waals surface area contributed by atoms with Crippen molar-refractivity contribution < 1.29 is 13.6 Å². The lowest BCUT2D eigenvalue weighted by Crippen LogP contribution is -2.26. The van der Waals surface area contributed by atoms with Crippen LogP contribution in [0.2, 0.25) is 0 Å². The van der Waals surface area contributed by atoms with Crippen molar-refractivity contribution in [1.82, 2.24) is 4.90 Å². The minimum Gasteiger partial charge on any atom is -0.308 e. The molecule has 0 aliphatic heterocycles. The first-order valence-corrected chi connectivity index (χ1v) is 7.17. The summed E-state index contributed by atoms with van der Waals surface area (Å²) >= 11 is 0. The average Bonchev–Trinajstić information content (AvgIpc) is 2.18. The van der Waals surface area contributed by atoms with E-state index in [-0.39, 0.29) is 6.29 Å². The van der Waals surface area contributed by atoms with Gasteiger partial charge in [-0.05, 0) is 13.8 Å². The first-order valence-electron chi connectivity index (χ1n) is 5.44. The smallest absolute Gasteiger partial charge is 0.308 e. The van der Waals surface area contributed by atoms with Crippen LogP contribution >= 0.6 is 7.60 Å². The molecule has 0 rings (SSSR count). The van der Waals surface area contributed by atoms with Gasteiger partial charge in [-0.2, -0.15) is 0 Å². The summed E-state index contributed by atoms with van der Waals surface area (Å²) in [4.78, 5) is 1.92. The van der Waals surface area contributed by atoms with Gasteiger partial charge in [-0.1, -0.05) is 12.2 Å². The largest absolute Gasteiger partial charge is 0.344 e. The van der Waals surface area contributed by atoms with Crippen molar-refractivity contribution in [3.05, 3.63) is 25.3 Å². The molecule has 0 saturated carbocycles. The van der Waals surface area contributed by atoms with E-state index < -0.39 is 7.60 Å². The van der Waals surface area contributed by atoms with Crippen LogP contribution in [0.4, 0.5) is 0 Å². The monoisotopic (exact) mass is 247 g/mol. The van der Waals surface area contributed by atoms with Crippen molar-refractivity contribution in [3.8, 4) is 0 Å². The van der Waals surface area contributed by atoms with Crippen molar-refractivity contribution in [3.63, 3.8) is 0 Å². The molecule has 0 radical (unpaired) electrons. The van der Waals surface area contributed by atoms with Crippen molar-refractivity contribution in [2.24, 2.45) is 0 Å². The van der Waals surface area contributed by atoms with E-state index in [1.165, 1.54) is 0 Å². The quantitative estimate of drug-likeness (QED) is 0.439. The Bertz CT molecular complexity index is 236. The first kappa shape index (κ1) is 15.6. The maximum Gasteiger partial charge on any atom is 0.344 e. The molecule has 0 bridgehead atoms. The Kier molecular flexibility index (Phi) is 8.49. The van der Waals surface area contributed by atoms with E-state index in [4.69, 9.17) is 9.05 Å². The maximum absolute atomic E-state index is 12.2. The molecule has 0 amide bonds. The predicted molar refractivity (Wildman–Crippen MR) is 67.7 cm³/mol. The van der Waals surface area contributed by atoms with Gasteiger partial charge >= 0.3 is 7.60 Å². The van der Waals surface area contributed by atoms with E-state index in [2.05, 4.69) is 13.2 Å². The second kappa shape index (κ2) is 8.71. The zero-order valence-electron chi connectivity index (χ0n) is 10.2. The fraction of sp³-hybridized carbons (Fsp3) is 0.636. The van der Waals surface area contributed by atoms with Crippen molar-refractivity contribution in [1.29, 1.82) is 0 Å². The molecule has 0 spiro atoms. The van der Waals surface area contributed by atoms with Crippen LogP contribution in [0.15, 0.2) is 25.3 Å². The highest BCUT2D eigenvalue weighted by atomic mass is 31.2. The van der Waals surface area contributed by atoms with Crippen molar-refractivity contribution in [2.75, 3.05) is 32.6 Å². The summed E-state index contributed by atoms with van der Waals surface area (Å²) in [7, 11) is -3.00. The molecule has 0 aliphatic carbocycles. The van der Waals surface area contributed by atoms with Gasteiger partial charge in [0.05, 0.1) is 13.2 Å². The van der Waals surface area contributed by atoms with Gasteiger partial charge in [0.1, 0.15) is 6.29 Å². The second-order valence-corrected chi connectivity index (χ2v) is 5.22. The van der Waals surface area contributed by atoms with Gasteiger partial charge in [0.15, 0.2) is 0 Å². The molecule has 0 aromatic rings. The zero-order valence-corrected chi connectivity index (χ0v) is 11.1. The highest BCUT2D eigenvalue weighted by molar-refractivity contribution is 7.53. The Labute approximate surface area is 98.5 Å². The molecule has 94 valence electrons. The lowest BCUT2D eigenvalue weighted by atomic mass is 10.5. The van der Waals surface area contributed by atoms with Gasteiger partial charge in [-0.3, -0.25) is 9.46 Å². The van der Waals surface area contributed by atoms with Crippen molar-refractivity contribution >= 4 is 7.60 Å². The van der Waals surface area contributed by atoms with Crippen LogP contribution in [0, 0.1) is 0 Å². The summed E-state index contributed by atoms with van der Waals surface area (Å²) in [5.41, 5.74) is 0.